The lowest BCUT2D eigenvalue weighted by molar-refractivity contribution is -0.307. The summed E-state index contributed by atoms with van der Waals surface area (Å²) in [5, 5.41) is 5.68. The molecular formula is C66H80N6O22. The van der Waals surface area contributed by atoms with Crippen LogP contribution in [0.5, 0.6) is 0 Å². The standard InChI is InChI=1S/C66H80N6O22/c1-15-43-31(3)47-25-48-33(5)45(17-19-57(81)67-21-23-83-65-63(91-41(13)79)61(89-39(11)77)59(87-37(9)75)55(93-65)29-85-35(7)73)53(71-48)28-54-46(34(6)50(72-54)27-52-44(16-2)32(4)49(70-52)26-51(43)69-47)18-20-58(82)68-22-24-84-66-64(92-42(14)80)62(90-40(12)78)60(88-38(10)76)56(94-66)30-86-36(8)74/h15-16,25-28,55-56,59-66,69-70H,1-2,17-24,29-30H2,3-14H3,(H,67,81)(H,68,82)/t55-,56-,59-,60-,61+,62+,63-,64-,65-,66-/m1/s1. The molecule has 0 aliphatic carbocycles. The number of nitrogens with zero attached hydrogens (tertiary/aromatic N) is 2. The number of nitrogens with one attached hydrogen (secondary N) is 4. The van der Waals surface area contributed by atoms with E-state index >= 15 is 0 Å². The normalized spacial score (nSPS) is 21.6. The molecule has 4 N–H and O–H groups in total. The predicted molar refractivity (Wildman–Crippen MR) is 336 cm³/mol. The third kappa shape index (κ3) is 18.5. The summed E-state index contributed by atoms with van der Waals surface area (Å²) in [7, 11) is 0. The summed E-state index contributed by atoms with van der Waals surface area (Å²) in [6.07, 6.45) is -10.1. The second-order valence-corrected chi connectivity index (χ2v) is 22.5. The molecule has 28 heteroatoms. The third-order valence-corrected chi connectivity index (χ3v) is 15.6. The number of allylic oxidation sites excluding steroid dienone is 4. The first-order valence-electron chi connectivity index (χ1n) is 30.4. The van der Waals surface area contributed by atoms with Gasteiger partial charge in [0.05, 0.1) is 36.0 Å². The monoisotopic (exact) mass is 1310 g/mol. The van der Waals surface area contributed by atoms with E-state index in [1.807, 2.05) is 52.0 Å². The molecule has 2 saturated heterocycles. The average Bonchev–Trinajstić information content (AvgIpc) is 1.32. The molecule has 2 amide bonds. The van der Waals surface area contributed by atoms with Gasteiger partial charge in [-0.2, -0.15) is 0 Å². The number of hydrogen-bond acceptors (Lipinski definition) is 24. The molecule has 10 atom stereocenters. The molecule has 28 nitrogen and oxygen atoms in total. The van der Waals surface area contributed by atoms with Crippen molar-refractivity contribution >= 4 is 116 Å². The van der Waals surface area contributed by atoms with Gasteiger partial charge in [-0.15, -0.1) is 0 Å². The first kappa shape index (κ1) is 72.1. The number of H-pyrrole nitrogens is 2. The number of carbonyl (C=O) groups excluding carboxylic acids is 10. The van der Waals surface area contributed by atoms with Crippen LogP contribution in [0.3, 0.4) is 0 Å². The predicted octanol–water partition coefficient (Wildman–Crippen LogP) is 6.07. The molecule has 94 heavy (non-hydrogen) atoms. The Morgan fingerprint density at radius 1 is 0.457 bits per heavy atom. The lowest BCUT2D eigenvalue weighted by Crippen LogP contribution is -2.63. The Bertz CT molecular complexity index is 3710. The van der Waals surface area contributed by atoms with Gasteiger partial charge in [0.15, 0.2) is 49.2 Å². The first-order valence-corrected chi connectivity index (χ1v) is 30.4. The second-order valence-electron chi connectivity index (χ2n) is 22.5. The molecule has 7 heterocycles. The van der Waals surface area contributed by atoms with Crippen LogP contribution in [0.15, 0.2) is 37.4 Å². The Kier molecular flexibility index (Phi) is 24.9. The van der Waals surface area contributed by atoms with Crippen LogP contribution in [-0.2, 0) is 105 Å². The van der Waals surface area contributed by atoms with Gasteiger partial charge < -0.3 is 77.4 Å². The van der Waals surface area contributed by atoms with Gasteiger partial charge in [-0.3, -0.25) is 47.9 Å². The molecular weight excluding hydrogens is 1230 g/mol. The van der Waals surface area contributed by atoms with E-state index < -0.39 is 122 Å². The quantitative estimate of drug-likeness (QED) is 0.0402. The number of esters is 8. The van der Waals surface area contributed by atoms with Crippen molar-refractivity contribution in [2.24, 2.45) is 0 Å². The Hall–Kier alpha value is -9.38. The van der Waals surface area contributed by atoms with Crippen LogP contribution in [0.4, 0.5) is 0 Å². The largest absolute Gasteiger partial charge is 0.463 e. The topological polar surface area (TPSA) is 363 Å². The zero-order valence-electron chi connectivity index (χ0n) is 54.6. The molecule has 2 fully saturated rings. The molecule has 0 saturated carbocycles. The number of aryl methyl sites for hydroxylation is 2. The van der Waals surface area contributed by atoms with Crippen LogP contribution < -0.4 is 10.6 Å². The van der Waals surface area contributed by atoms with Gasteiger partial charge in [0.2, 0.25) is 11.8 Å². The fourth-order valence-electron chi connectivity index (χ4n) is 11.3. The van der Waals surface area contributed by atoms with Crippen molar-refractivity contribution in [3.63, 3.8) is 0 Å². The summed E-state index contributed by atoms with van der Waals surface area (Å²) in [5.41, 5.74) is 11.9. The van der Waals surface area contributed by atoms with Crippen molar-refractivity contribution in [2.45, 2.75) is 170 Å². The summed E-state index contributed by atoms with van der Waals surface area (Å²) in [4.78, 5) is 143. The molecule has 7 rings (SSSR count). The average molecular weight is 1310 g/mol. The van der Waals surface area contributed by atoms with Gasteiger partial charge in [-0.25, -0.2) is 9.97 Å². The molecule has 4 aliphatic heterocycles. The highest BCUT2D eigenvalue weighted by Crippen LogP contribution is 2.39. The lowest BCUT2D eigenvalue weighted by Gasteiger charge is -2.44. The van der Waals surface area contributed by atoms with Gasteiger partial charge in [-0.05, 0) is 98.2 Å². The number of rotatable bonds is 26. The number of aromatic amines is 2. The van der Waals surface area contributed by atoms with Crippen molar-refractivity contribution in [3.05, 3.63) is 82.5 Å². The molecule has 3 aromatic heterocycles. The number of carbonyl (C=O) groups is 10. The minimum absolute atomic E-state index is 0.0390. The van der Waals surface area contributed by atoms with Crippen LogP contribution >= 0.6 is 0 Å². The van der Waals surface area contributed by atoms with Crippen molar-refractivity contribution in [1.29, 1.82) is 0 Å². The van der Waals surface area contributed by atoms with E-state index in [4.69, 9.17) is 66.8 Å². The maximum Gasteiger partial charge on any atom is 0.303 e. The first-order chi connectivity index (χ1) is 44.6. The van der Waals surface area contributed by atoms with E-state index in [0.717, 1.165) is 122 Å². The van der Waals surface area contributed by atoms with Crippen molar-refractivity contribution < 1.29 is 105 Å². The zero-order chi connectivity index (χ0) is 68.8. The van der Waals surface area contributed by atoms with Gasteiger partial charge in [0, 0.05) is 115 Å². The number of hydrogen-bond donors (Lipinski definition) is 4. The van der Waals surface area contributed by atoms with Gasteiger partial charge >= 0.3 is 47.8 Å². The molecule has 0 unspecified atom stereocenters. The van der Waals surface area contributed by atoms with E-state index in [9.17, 15) is 47.9 Å². The number of fused-ring (bicyclic) bond motifs is 8. The highest BCUT2D eigenvalue weighted by atomic mass is 16.7. The highest BCUT2D eigenvalue weighted by molar-refractivity contribution is 5.97. The summed E-state index contributed by atoms with van der Waals surface area (Å²) in [6, 6.07) is 7.69. The Morgan fingerprint density at radius 3 is 1.16 bits per heavy atom. The lowest BCUT2D eigenvalue weighted by atomic mass is 9.98. The van der Waals surface area contributed by atoms with Crippen LogP contribution in [0.2, 0.25) is 0 Å². The summed E-state index contributed by atoms with van der Waals surface area (Å²) in [6.45, 7) is 23.4. The number of ether oxygens (including phenoxy) is 12. The van der Waals surface area contributed by atoms with E-state index in [-0.39, 0.29) is 63.8 Å². The van der Waals surface area contributed by atoms with Gasteiger partial charge in [0.1, 0.15) is 25.4 Å². The number of aromatic nitrogens is 4. The SMILES string of the molecule is C=Cc1c(C)c2cc3[nH]c(cc4nc(cc5nc(cc1[nH]2)C(C)=C5CCC(=O)NCCO[C@@H]1O[C@H](COC(C)=O)[C@@H](OC(C)=O)[C@H](OC(C)=O)[C@H]1OC(C)=O)C(CCC(=O)NCCO[C@@H]1O[C@H](COC(C)=O)[C@@H](OC(C)=O)[C@H](OC(C)=O)[C@H]1OC(C)=O)=C4C)c(C)c3C=C. The zero-order valence-corrected chi connectivity index (χ0v) is 54.6. The van der Waals surface area contributed by atoms with E-state index in [1.54, 1.807) is 12.2 Å². The highest BCUT2D eigenvalue weighted by Gasteiger charge is 2.54. The molecule has 506 valence electrons. The van der Waals surface area contributed by atoms with Crippen molar-refractivity contribution in [2.75, 3.05) is 39.5 Å². The van der Waals surface area contributed by atoms with Crippen LogP contribution in [0.1, 0.15) is 140 Å². The van der Waals surface area contributed by atoms with E-state index in [1.165, 1.54) is 0 Å². The molecule has 4 aliphatic rings. The summed E-state index contributed by atoms with van der Waals surface area (Å²) in [5.74, 6) is -6.96. The fraction of sp³-hybridized carbons (Fsp3) is 0.485. The van der Waals surface area contributed by atoms with E-state index in [2.05, 4.69) is 33.8 Å². The minimum Gasteiger partial charge on any atom is -0.463 e. The van der Waals surface area contributed by atoms with Crippen molar-refractivity contribution in [1.82, 2.24) is 30.6 Å². The van der Waals surface area contributed by atoms with E-state index in [0.29, 0.717) is 22.8 Å². The van der Waals surface area contributed by atoms with Crippen LogP contribution in [0, 0.1) is 13.8 Å². The molecule has 0 aromatic carbocycles. The Balaban J connectivity index is 1.14. The smallest absolute Gasteiger partial charge is 0.303 e. The van der Waals surface area contributed by atoms with Crippen LogP contribution in [0.25, 0.3) is 56.5 Å². The summed E-state index contributed by atoms with van der Waals surface area (Å²) < 4.78 is 67.3. The molecule has 0 radical (unpaired) electrons. The second kappa shape index (κ2) is 32.5. The van der Waals surface area contributed by atoms with Crippen molar-refractivity contribution in [3.8, 4) is 0 Å². The van der Waals surface area contributed by atoms with Crippen LogP contribution in [-0.4, -0.2) is 180 Å². The summed E-state index contributed by atoms with van der Waals surface area (Å²) >= 11 is 0. The third-order valence-electron chi connectivity index (χ3n) is 15.6. The Morgan fingerprint density at radius 2 is 0.798 bits per heavy atom. The molecule has 8 bridgehead atoms. The fourth-order valence-corrected chi connectivity index (χ4v) is 11.3. The minimum atomic E-state index is -1.46. The van der Waals surface area contributed by atoms with Gasteiger partial charge in [0.25, 0.3) is 0 Å². The number of amides is 2. The maximum atomic E-state index is 13.8. The molecule has 3 aromatic rings. The Labute approximate surface area is 541 Å². The maximum absolute atomic E-state index is 13.8. The van der Waals surface area contributed by atoms with Gasteiger partial charge in [-0.1, -0.05) is 25.3 Å². The molecule has 0 spiro atoms.